The molecule has 1 saturated carbocycles. The summed E-state index contributed by atoms with van der Waals surface area (Å²) in [6.45, 7) is 8.43. The van der Waals surface area contributed by atoms with Gasteiger partial charge in [0.1, 0.15) is 0 Å². The topological polar surface area (TPSA) is 29.5 Å². The van der Waals surface area contributed by atoms with Crippen LogP contribution in [0.1, 0.15) is 52.0 Å². The summed E-state index contributed by atoms with van der Waals surface area (Å²) in [7, 11) is 0. The quantitative estimate of drug-likeness (QED) is 0.840. The van der Waals surface area contributed by atoms with Crippen molar-refractivity contribution in [1.82, 2.24) is 0 Å². The summed E-state index contributed by atoms with van der Waals surface area (Å²) < 4.78 is 5.90. The monoisotopic (exact) mass is 290 g/mol. The highest BCUT2D eigenvalue weighted by Crippen LogP contribution is 2.45. The lowest BCUT2D eigenvalue weighted by Crippen LogP contribution is -2.38. The Bertz CT molecular complexity index is 417. The zero-order valence-electron chi connectivity index (χ0n) is 13.7. The molecule has 1 aromatic rings. The number of hydrogen-bond acceptors (Lipinski definition) is 2. The van der Waals surface area contributed by atoms with E-state index in [1.807, 2.05) is 6.07 Å². The Kier molecular flexibility index (Phi) is 5.83. The molecule has 2 rings (SSSR count). The summed E-state index contributed by atoms with van der Waals surface area (Å²) >= 11 is 0. The maximum atomic E-state index is 9.97. The van der Waals surface area contributed by atoms with Crippen molar-refractivity contribution in [3.8, 4) is 0 Å². The molecule has 0 aliphatic heterocycles. The van der Waals surface area contributed by atoms with Gasteiger partial charge in [0, 0.05) is 6.61 Å². The van der Waals surface area contributed by atoms with Gasteiger partial charge in [-0.05, 0) is 42.1 Å². The Morgan fingerprint density at radius 1 is 1.29 bits per heavy atom. The van der Waals surface area contributed by atoms with E-state index in [0.29, 0.717) is 18.4 Å². The normalized spacial score (nSPS) is 29.0. The highest BCUT2D eigenvalue weighted by Gasteiger charge is 2.38. The molecule has 1 aliphatic rings. The molecule has 1 N–H and O–H groups in total. The molecule has 0 radical (unpaired) electrons. The van der Waals surface area contributed by atoms with Gasteiger partial charge in [-0.2, -0.15) is 0 Å². The molecule has 1 aromatic carbocycles. The van der Waals surface area contributed by atoms with Crippen molar-refractivity contribution in [1.29, 1.82) is 0 Å². The van der Waals surface area contributed by atoms with E-state index in [1.54, 1.807) is 0 Å². The lowest BCUT2D eigenvalue weighted by atomic mass is 9.63. The predicted molar refractivity (Wildman–Crippen MR) is 87.0 cm³/mol. The van der Waals surface area contributed by atoms with Crippen LogP contribution in [0, 0.1) is 17.3 Å². The molecule has 1 fully saturated rings. The van der Waals surface area contributed by atoms with Crippen LogP contribution in [0.15, 0.2) is 30.3 Å². The molecule has 21 heavy (non-hydrogen) atoms. The Hall–Kier alpha value is -0.860. The van der Waals surface area contributed by atoms with Crippen molar-refractivity contribution < 1.29 is 9.84 Å². The maximum Gasteiger partial charge on any atom is 0.0717 e. The van der Waals surface area contributed by atoms with Crippen LogP contribution in [-0.4, -0.2) is 17.8 Å². The number of hydrogen-bond donors (Lipinski definition) is 1. The molecule has 118 valence electrons. The minimum absolute atomic E-state index is 0.108. The third kappa shape index (κ3) is 4.55. The minimum Gasteiger partial charge on any atom is -0.393 e. The first-order chi connectivity index (χ1) is 10.0. The van der Waals surface area contributed by atoms with Crippen LogP contribution < -0.4 is 0 Å². The van der Waals surface area contributed by atoms with Gasteiger partial charge < -0.3 is 9.84 Å². The average molecular weight is 290 g/mol. The first kappa shape index (κ1) is 16.5. The molecule has 0 unspecified atom stereocenters. The lowest BCUT2D eigenvalue weighted by Gasteiger charge is -2.43. The third-order valence-corrected chi connectivity index (χ3v) is 5.43. The molecule has 0 amide bonds. The van der Waals surface area contributed by atoms with E-state index in [4.69, 9.17) is 4.74 Å². The van der Waals surface area contributed by atoms with E-state index in [-0.39, 0.29) is 11.5 Å². The molecule has 0 bridgehead atoms. The number of aliphatic hydroxyl groups is 1. The molecule has 0 spiro atoms. The minimum atomic E-state index is -0.108. The summed E-state index contributed by atoms with van der Waals surface area (Å²) in [6.07, 6.45) is 4.19. The zero-order valence-corrected chi connectivity index (χ0v) is 13.7. The highest BCUT2D eigenvalue weighted by atomic mass is 16.5. The summed E-state index contributed by atoms with van der Waals surface area (Å²) in [4.78, 5) is 0. The fourth-order valence-corrected chi connectivity index (χ4v) is 3.67. The molecule has 2 heteroatoms. The standard InChI is InChI=1S/C19H30O2/c1-15(13-21-14-17-8-5-4-6-9-17)16(2)19(3)11-7-10-18(20)12-19/h4-6,8-9,15-16,18,20H,7,10-14H2,1-3H3/t15-,16-,18+,19+/m1/s1. The van der Waals surface area contributed by atoms with Gasteiger partial charge in [-0.15, -0.1) is 0 Å². The predicted octanol–water partition coefficient (Wildman–Crippen LogP) is 4.42. The van der Waals surface area contributed by atoms with Crippen LogP contribution in [0.2, 0.25) is 0 Å². The molecular weight excluding hydrogens is 260 g/mol. The summed E-state index contributed by atoms with van der Waals surface area (Å²) in [6, 6.07) is 10.3. The van der Waals surface area contributed by atoms with Crippen LogP contribution >= 0.6 is 0 Å². The molecule has 4 atom stereocenters. The first-order valence-electron chi connectivity index (χ1n) is 8.31. The molecule has 0 aromatic heterocycles. The maximum absolute atomic E-state index is 9.97. The van der Waals surface area contributed by atoms with Crippen molar-refractivity contribution in [2.24, 2.45) is 17.3 Å². The van der Waals surface area contributed by atoms with Crippen molar-refractivity contribution in [2.75, 3.05) is 6.61 Å². The second-order valence-electron chi connectivity index (χ2n) is 7.17. The molecule has 0 heterocycles. The van der Waals surface area contributed by atoms with Crippen LogP contribution in [-0.2, 0) is 11.3 Å². The SMILES string of the molecule is C[C@H](COCc1ccccc1)[C@@H](C)[C@@]1(C)CCC[C@H](O)C1. The number of rotatable bonds is 6. The van der Waals surface area contributed by atoms with Gasteiger partial charge in [-0.25, -0.2) is 0 Å². The second-order valence-corrected chi connectivity index (χ2v) is 7.17. The van der Waals surface area contributed by atoms with E-state index in [1.165, 1.54) is 12.0 Å². The fourth-order valence-electron chi connectivity index (χ4n) is 3.67. The average Bonchev–Trinajstić information content (AvgIpc) is 2.47. The second kappa shape index (κ2) is 7.42. The van der Waals surface area contributed by atoms with Gasteiger partial charge in [0.15, 0.2) is 0 Å². The van der Waals surface area contributed by atoms with Crippen molar-refractivity contribution >= 4 is 0 Å². The van der Waals surface area contributed by atoms with Crippen LogP contribution in [0.25, 0.3) is 0 Å². The van der Waals surface area contributed by atoms with E-state index in [0.717, 1.165) is 25.9 Å². The van der Waals surface area contributed by atoms with Crippen LogP contribution in [0.4, 0.5) is 0 Å². The van der Waals surface area contributed by atoms with Crippen molar-refractivity contribution in [2.45, 2.75) is 59.2 Å². The van der Waals surface area contributed by atoms with Gasteiger partial charge in [0.25, 0.3) is 0 Å². The summed E-state index contributed by atoms with van der Waals surface area (Å²) in [5.74, 6) is 1.09. The van der Waals surface area contributed by atoms with Gasteiger partial charge in [-0.3, -0.25) is 0 Å². The lowest BCUT2D eigenvalue weighted by molar-refractivity contribution is -0.0142. The molecular formula is C19H30O2. The largest absolute Gasteiger partial charge is 0.393 e. The first-order valence-corrected chi connectivity index (χ1v) is 8.31. The molecule has 2 nitrogen and oxygen atoms in total. The van der Waals surface area contributed by atoms with Crippen LogP contribution in [0.3, 0.4) is 0 Å². The van der Waals surface area contributed by atoms with Gasteiger partial charge >= 0.3 is 0 Å². The summed E-state index contributed by atoms with van der Waals surface area (Å²) in [5, 5.41) is 9.97. The zero-order chi connectivity index (χ0) is 15.3. The fraction of sp³-hybridized carbons (Fsp3) is 0.684. The third-order valence-electron chi connectivity index (χ3n) is 5.43. The number of aliphatic hydroxyl groups excluding tert-OH is 1. The van der Waals surface area contributed by atoms with Gasteiger partial charge in [0.05, 0.1) is 12.7 Å². The molecule has 0 saturated heterocycles. The van der Waals surface area contributed by atoms with E-state index >= 15 is 0 Å². The highest BCUT2D eigenvalue weighted by molar-refractivity contribution is 5.13. The Morgan fingerprint density at radius 3 is 2.67 bits per heavy atom. The molecule has 1 aliphatic carbocycles. The van der Waals surface area contributed by atoms with Gasteiger partial charge in [0.2, 0.25) is 0 Å². The number of benzene rings is 1. The van der Waals surface area contributed by atoms with E-state index < -0.39 is 0 Å². The Morgan fingerprint density at radius 2 is 2.00 bits per heavy atom. The van der Waals surface area contributed by atoms with Crippen molar-refractivity contribution in [3.05, 3.63) is 35.9 Å². The number of ether oxygens (including phenoxy) is 1. The Labute approximate surface area is 129 Å². The van der Waals surface area contributed by atoms with Crippen molar-refractivity contribution in [3.63, 3.8) is 0 Å². The summed E-state index contributed by atoms with van der Waals surface area (Å²) in [5.41, 5.74) is 1.49. The Balaban J connectivity index is 1.80. The van der Waals surface area contributed by atoms with E-state index in [2.05, 4.69) is 45.0 Å². The smallest absolute Gasteiger partial charge is 0.0717 e. The van der Waals surface area contributed by atoms with Gasteiger partial charge in [-0.1, -0.05) is 57.5 Å². The van der Waals surface area contributed by atoms with E-state index in [9.17, 15) is 5.11 Å². The van der Waals surface area contributed by atoms with Crippen LogP contribution in [0.5, 0.6) is 0 Å².